The van der Waals surface area contributed by atoms with Crippen molar-refractivity contribution in [3.63, 3.8) is 0 Å². The van der Waals surface area contributed by atoms with Gasteiger partial charge in [-0.3, -0.25) is 4.98 Å². The quantitative estimate of drug-likeness (QED) is 0.615. The summed E-state index contributed by atoms with van der Waals surface area (Å²) in [5.41, 5.74) is 9.17. The zero-order valence-electron chi connectivity index (χ0n) is 17.1. The van der Waals surface area contributed by atoms with E-state index < -0.39 is 6.10 Å². The van der Waals surface area contributed by atoms with Crippen LogP contribution in [0.1, 0.15) is 61.6 Å². The lowest BCUT2D eigenvalue weighted by Gasteiger charge is -2.15. The Bertz CT molecular complexity index is 1080. The van der Waals surface area contributed by atoms with Crippen molar-refractivity contribution in [2.24, 2.45) is 5.73 Å². The molecule has 0 amide bonds. The van der Waals surface area contributed by atoms with Crippen LogP contribution in [0.3, 0.4) is 0 Å². The Morgan fingerprint density at radius 2 is 2.07 bits per heavy atom. The van der Waals surface area contributed by atoms with Gasteiger partial charge >= 0.3 is 0 Å². The summed E-state index contributed by atoms with van der Waals surface area (Å²) >= 11 is 0. The molecule has 30 heavy (non-hydrogen) atoms. The summed E-state index contributed by atoms with van der Waals surface area (Å²) in [5.74, 6) is 1.71. The molecule has 0 aliphatic heterocycles. The third-order valence-corrected chi connectivity index (χ3v) is 5.20. The Morgan fingerprint density at radius 1 is 1.27 bits per heavy atom. The monoisotopic (exact) mass is 403 g/mol. The third kappa shape index (κ3) is 4.06. The van der Waals surface area contributed by atoms with Gasteiger partial charge in [-0.2, -0.15) is 10.4 Å². The van der Waals surface area contributed by atoms with Crippen LogP contribution in [0, 0.1) is 11.3 Å². The number of nitriles is 1. The topological polar surface area (TPSA) is 110 Å². The van der Waals surface area contributed by atoms with E-state index in [4.69, 9.17) is 15.6 Å². The van der Waals surface area contributed by atoms with Crippen LogP contribution in [-0.2, 0) is 0 Å². The molecule has 2 aromatic heterocycles. The molecular weight excluding hydrogens is 378 g/mol. The second-order valence-electron chi connectivity index (χ2n) is 7.87. The molecule has 154 valence electrons. The number of hydrogen-bond donors (Lipinski definition) is 2. The van der Waals surface area contributed by atoms with Crippen molar-refractivity contribution in [1.29, 1.82) is 5.26 Å². The van der Waals surface area contributed by atoms with Gasteiger partial charge < -0.3 is 15.6 Å². The molecule has 1 aliphatic rings. The van der Waals surface area contributed by atoms with Crippen molar-refractivity contribution in [2.45, 2.75) is 44.8 Å². The standard InChI is InChI=1S/C23H25N5O2/c1-14(2)28-23(10-20(27-28)16-4-5-16)30-22-9-15(11-24)3-7-18(22)19-8-6-17(13-26-19)21(29)12-25/h3,6-10,13-14,16,21,29H,4-5,12,25H2,1-2H3. The number of benzene rings is 1. The van der Waals surface area contributed by atoms with Crippen LogP contribution in [-0.4, -0.2) is 26.4 Å². The highest BCUT2D eigenvalue weighted by molar-refractivity contribution is 5.69. The van der Waals surface area contributed by atoms with Gasteiger partial charge in [-0.25, -0.2) is 4.68 Å². The minimum absolute atomic E-state index is 0.134. The summed E-state index contributed by atoms with van der Waals surface area (Å²) in [4.78, 5) is 4.48. The Hall–Kier alpha value is -3.21. The van der Waals surface area contributed by atoms with E-state index in [9.17, 15) is 10.4 Å². The first-order chi connectivity index (χ1) is 14.5. The lowest BCUT2D eigenvalue weighted by Crippen LogP contribution is -2.11. The van der Waals surface area contributed by atoms with Crippen LogP contribution in [0.25, 0.3) is 11.3 Å². The van der Waals surface area contributed by atoms with Crippen LogP contribution in [0.2, 0.25) is 0 Å². The first-order valence-electron chi connectivity index (χ1n) is 10.2. The normalized spacial score (nSPS) is 14.5. The first-order valence-corrected chi connectivity index (χ1v) is 10.2. The highest BCUT2D eigenvalue weighted by atomic mass is 16.5. The molecule has 1 aromatic carbocycles. The zero-order valence-corrected chi connectivity index (χ0v) is 17.1. The molecule has 0 saturated heterocycles. The number of hydrogen-bond acceptors (Lipinski definition) is 6. The average Bonchev–Trinajstić information content (AvgIpc) is 3.53. The number of aliphatic hydroxyl groups is 1. The van der Waals surface area contributed by atoms with Gasteiger partial charge in [0.25, 0.3) is 0 Å². The van der Waals surface area contributed by atoms with Gasteiger partial charge in [0.2, 0.25) is 5.88 Å². The molecule has 2 heterocycles. The highest BCUT2D eigenvalue weighted by Gasteiger charge is 2.28. The van der Waals surface area contributed by atoms with E-state index in [0.29, 0.717) is 34.4 Å². The van der Waals surface area contributed by atoms with Gasteiger partial charge in [-0.1, -0.05) is 6.07 Å². The van der Waals surface area contributed by atoms with Gasteiger partial charge in [-0.05, 0) is 51.0 Å². The van der Waals surface area contributed by atoms with Crippen LogP contribution in [0.5, 0.6) is 11.6 Å². The van der Waals surface area contributed by atoms with Crippen LogP contribution < -0.4 is 10.5 Å². The minimum Gasteiger partial charge on any atom is -0.439 e. The SMILES string of the molecule is CC(C)n1nc(C2CC2)cc1Oc1cc(C#N)ccc1-c1ccc(C(O)CN)cn1. The Morgan fingerprint density at radius 3 is 2.67 bits per heavy atom. The fourth-order valence-corrected chi connectivity index (χ4v) is 3.32. The molecule has 1 fully saturated rings. The largest absolute Gasteiger partial charge is 0.439 e. The van der Waals surface area contributed by atoms with Crippen LogP contribution >= 0.6 is 0 Å². The maximum Gasteiger partial charge on any atom is 0.218 e. The second-order valence-corrected chi connectivity index (χ2v) is 7.87. The Labute approximate surface area is 175 Å². The Kier molecular flexibility index (Phi) is 5.53. The summed E-state index contributed by atoms with van der Waals surface area (Å²) in [6, 6.07) is 13.2. The van der Waals surface area contributed by atoms with E-state index in [0.717, 1.165) is 24.1 Å². The smallest absolute Gasteiger partial charge is 0.218 e. The van der Waals surface area contributed by atoms with E-state index in [1.807, 2.05) is 22.9 Å². The van der Waals surface area contributed by atoms with Gasteiger partial charge in [0.15, 0.2) is 0 Å². The van der Waals surface area contributed by atoms with Crippen molar-refractivity contribution in [3.05, 3.63) is 59.4 Å². The highest BCUT2D eigenvalue weighted by Crippen LogP contribution is 2.42. The molecule has 1 saturated carbocycles. The van der Waals surface area contributed by atoms with E-state index in [-0.39, 0.29) is 12.6 Å². The average molecular weight is 403 g/mol. The summed E-state index contributed by atoms with van der Waals surface area (Å²) in [6.07, 6.45) is 3.19. The zero-order chi connectivity index (χ0) is 21.3. The maximum absolute atomic E-state index is 9.91. The second kappa shape index (κ2) is 8.27. The molecule has 0 spiro atoms. The number of pyridine rings is 1. The lowest BCUT2D eigenvalue weighted by atomic mass is 10.1. The molecule has 3 N–H and O–H groups in total. The van der Waals surface area contributed by atoms with E-state index in [1.54, 1.807) is 24.4 Å². The van der Waals surface area contributed by atoms with Crippen molar-refractivity contribution < 1.29 is 9.84 Å². The van der Waals surface area contributed by atoms with Crippen molar-refractivity contribution in [2.75, 3.05) is 6.54 Å². The van der Waals surface area contributed by atoms with Crippen molar-refractivity contribution >= 4 is 0 Å². The van der Waals surface area contributed by atoms with Crippen molar-refractivity contribution in [3.8, 4) is 29.0 Å². The van der Waals surface area contributed by atoms with Gasteiger partial charge in [0.1, 0.15) is 5.75 Å². The summed E-state index contributed by atoms with van der Waals surface area (Å²) < 4.78 is 8.18. The summed E-state index contributed by atoms with van der Waals surface area (Å²) in [5, 5.41) is 24.0. The predicted octanol–water partition coefficient (Wildman–Crippen LogP) is 4.06. The van der Waals surface area contributed by atoms with Gasteiger partial charge in [-0.15, -0.1) is 0 Å². The number of aliphatic hydroxyl groups excluding tert-OH is 1. The molecule has 7 heteroatoms. The summed E-state index contributed by atoms with van der Waals surface area (Å²) in [7, 11) is 0. The molecule has 1 atom stereocenters. The molecule has 0 bridgehead atoms. The number of aromatic nitrogens is 3. The maximum atomic E-state index is 9.91. The molecule has 4 rings (SSSR count). The number of nitrogens with two attached hydrogens (primary N) is 1. The molecule has 0 radical (unpaired) electrons. The third-order valence-electron chi connectivity index (χ3n) is 5.20. The van der Waals surface area contributed by atoms with Crippen molar-refractivity contribution in [1.82, 2.24) is 14.8 Å². The molecular formula is C23H25N5O2. The minimum atomic E-state index is -0.746. The summed E-state index contributed by atoms with van der Waals surface area (Å²) in [6.45, 7) is 4.26. The molecule has 3 aromatic rings. The van der Waals surface area contributed by atoms with Crippen LogP contribution in [0.15, 0.2) is 42.6 Å². The van der Waals surface area contributed by atoms with Gasteiger partial charge in [0.05, 0.1) is 35.2 Å². The molecule has 1 unspecified atom stereocenters. The lowest BCUT2D eigenvalue weighted by molar-refractivity contribution is 0.186. The van der Waals surface area contributed by atoms with Gasteiger partial charge in [0, 0.05) is 35.9 Å². The van der Waals surface area contributed by atoms with E-state index >= 15 is 0 Å². The number of nitrogens with zero attached hydrogens (tertiary/aromatic N) is 4. The molecule has 7 nitrogen and oxygen atoms in total. The van der Waals surface area contributed by atoms with E-state index in [1.165, 1.54) is 0 Å². The number of rotatable bonds is 7. The fraction of sp³-hybridized carbons (Fsp3) is 0.348. The van der Waals surface area contributed by atoms with E-state index in [2.05, 4.69) is 24.9 Å². The van der Waals surface area contributed by atoms with Crippen LogP contribution in [0.4, 0.5) is 0 Å². The first kappa shape index (κ1) is 20.1. The Balaban J connectivity index is 1.72. The molecule has 1 aliphatic carbocycles. The predicted molar refractivity (Wildman–Crippen MR) is 113 cm³/mol. The fourth-order valence-electron chi connectivity index (χ4n) is 3.32. The number of ether oxygens (including phenoxy) is 1.